The summed E-state index contributed by atoms with van der Waals surface area (Å²) >= 11 is 0. The van der Waals surface area contributed by atoms with Crippen molar-refractivity contribution in [1.29, 1.82) is 0 Å². The first-order valence-electron chi connectivity index (χ1n) is 4.56. The first-order chi connectivity index (χ1) is 7.75. The highest BCUT2D eigenvalue weighted by Gasteiger charge is 2.24. The highest BCUT2D eigenvalue weighted by atomic mass is 19.1. The SMILES string of the molecule is Nc1cc(-c2ccc(F)c3c2OCO3)on1. The summed E-state index contributed by atoms with van der Waals surface area (Å²) in [4.78, 5) is 0. The molecule has 16 heavy (non-hydrogen) atoms. The van der Waals surface area contributed by atoms with Crippen LogP contribution in [-0.4, -0.2) is 11.9 Å². The Labute approximate surface area is 89.5 Å². The van der Waals surface area contributed by atoms with E-state index in [9.17, 15) is 4.39 Å². The van der Waals surface area contributed by atoms with E-state index < -0.39 is 5.82 Å². The lowest BCUT2D eigenvalue weighted by molar-refractivity contribution is 0.171. The molecular weight excluding hydrogens is 215 g/mol. The van der Waals surface area contributed by atoms with Crippen LogP contribution in [0.15, 0.2) is 22.7 Å². The van der Waals surface area contributed by atoms with Crippen molar-refractivity contribution < 1.29 is 18.4 Å². The van der Waals surface area contributed by atoms with E-state index in [1.165, 1.54) is 18.2 Å². The van der Waals surface area contributed by atoms with E-state index in [2.05, 4.69) is 5.16 Å². The number of benzene rings is 1. The third-order valence-corrected chi connectivity index (χ3v) is 2.26. The van der Waals surface area contributed by atoms with Crippen molar-refractivity contribution in [2.24, 2.45) is 0 Å². The molecular formula is C10H7FN2O3. The number of halogens is 1. The Kier molecular flexibility index (Phi) is 1.76. The van der Waals surface area contributed by atoms with Crippen LogP contribution in [0, 0.1) is 5.82 Å². The summed E-state index contributed by atoms with van der Waals surface area (Å²) in [6.07, 6.45) is 0. The van der Waals surface area contributed by atoms with Gasteiger partial charge in [0.2, 0.25) is 12.5 Å². The van der Waals surface area contributed by atoms with Crippen LogP contribution in [0.25, 0.3) is 11.3 Å². The molecule has 1 aliphatic rings. The van der Waals surface area contributed by atoms with Gasteiger partial charge < -0.3 is 19.7 Å². The van der Waals surface area contributed by atoms with Crippen LogP contribution < -0.4 is 15.2 Å². The molecule has 0 spiro atoms. The van der Waals surface area contributed by atoms with Crippen molar-refractivity contribution >= 4 is 5.82 Å². The molecule has 0 amide bonds. The van der Waals surface area contributed by atoms with Gasteiger partial charge in [0.1, 0.15) is 0 Å². The van der Waals surface area contributed by atoms with Gasteiger partial charge in [-0.05, 0) is 12.1 Å². The summed E-state index contributed by atoms with van der Waals surface area (Å²) in [6.45, 7) is -0.00706. The van der Waals surface area contributed by atoms with E-state index >= 15 is 0 Å². The Hall–Kier alpha value is -2.24. The maximum Gasteiger partial charge on any atom is 0.231 e. The molecule has 0 aliphatic carbocycles. The number of aromatic nitrogens is 1. The molecule has 2 N–H and O–H groups in total. The highest BCUT2D eigenvalue weighted by molar-refractivity contribution is 5.72. The van der Waals surface area contributed by atoms with E-state index in [1.54, 1.807) is 0 Å². The number of hydrogen-bond acceptors (Lipinski definition) is 5. The zero-order valence-corrected chi connectivity index (χ0v) is 8.07. The molecule has 2 heterocycles. The zero-order chi connectivity index (χ0) is 11.1. The minimum absolute atomic E-state index is 0.00706. The van der Waals surface area contributed by atoms with E-state index in [-0.39, 0.29) is 18.4 Å². The monoisotopic (exact) mass is 222 g/mol. The molecule has 1 aliphatic heterocycles. The Morgan fingerprint density at radius 2 is 2.06 bits per heavy atom. The molecule has 0 bridgehead atoms. The Bertz CT molecular complexity index is 553. The van der Waals surface area contributed by atoms with Gasteiger partial charge in [-0.3, -0.25) is 0 Å². The third kappa shape index (κ3) is 1.19. The minimum atomic E-state index is -0.469. The van der Waals surface area contributed by atoms with E-state index in [0.717, 1.165) is 0 Å². The van der Waals surface area contributed by atoms with Gasteiger partial charge in [-0.2, -0.15) is 0 Å². The van der Waals surface area contributed by atoms with Gasteiger partial charge in [0.05, 0.1) is 5.56 Å². The predicted molar refractivity (Wildman–Crippen MR) is 52.4 cm³/mol. The lowest BCUT2D eigenvalue weighted by Crippen LogP contribution is -1.93. The number of nitrogen functional groups attached to an aromatic ring is 1. The number of rotatable bonds is 1. The summed E-state index contributed by atoms with van der Waals surface area (Å²) in [5.74, 6) is 0.610. The normalized spacial score (nSPS) is 13.1. The Morgan fingerprint density at radius 1 is 1.25 bits per heavy atom. The van der Waals surface area contributed by atoms with E-state index in [0.29, 0.717) is 17.1 Å². The molecule has 5 nitrogen and oxygen atoms in total. The maximum absolute atomic E-state index is 13.3. The largest absolute Gasteiger partial charge is 0.453 e. The maximum atomic E-state index is 13.3. The van der Waals surface area contributed by atoms with Gasteiger partial charge in [-0.15, -0.1) is 0 Å². The van der Waals surface area contributed by atoms with Crippen LogP contribution in [0.3, 0.4) is 0 Å². The number of nitrogens with two attached hydrogens (primary N) is 1. The van der Waals surface area contributed by atoms with Crippen LogP contribution in [0.2, 0.25) is 0 Å². The van der Waals surface area contributed by atoms with Crippen molar-refractivity contribution in [2.75, 3.05) is 12.5 Å². The lowest BCUT2D eigenvalue weighted by atomic mass is 10.1. The van der Waals surface area contributed by atoms with Crippen LogP contribution in [0.5, 0.6) is 11.5 Å². The summed E-state index contributed by atoms with van der Waals surface area (Å²) < 4.78 is 28.5. The number of ether oxygens (including phenoxy) is 2. The van der Waals surface area contributed by atoms with Crippen molar-refractivity contribution in [3.8, 4) is 22.8 Å². The molecule has 0 unspecified atom stereocenters. The number of nitrogens with zero attached hydrogens (tertiary/aromatic N) is 1. The molecule has 2 aromatic rings. The second kappa shape index (κ2) is 3.13. The Balaban J connectivity index is 2.19. The summed E-state index contributed by atoms with van der Waals surface area (Å²) in [5.41, 5.74) is 6.01. The summed E-state index contributed by atoms with van der Waals surface area (Å²) in [5, 5.41) is 3.55. The first-order valence-corrected chi connectivity index (χ1v) is 4.56. The van der Waals surface area contributed by atoms with Gasteiger partial charge in [0, 0.05) is 6.07 Å². The number of hydrogen-bond donors (Lipinski definition) is 1. The van der Waals surface area contributed by atoms with E-state index in [1.807, 2.05) is 0 Å². The van der Waals surface area contributed by atoms with Crippen LogP contribution in [0.1, 0.15) is 0 Å². The van der Waals surface area contributed by atoms with Gasteiger partial charge in [0.15, 0.2) is 23.1 Å². The fraction of sp³-hybridized carbons (Fsp3) is 0.100. The summed E-state index contributed by atoms with van der Waals surface area (Å²) in [7, 11) is 0. The average Bonchev–Trinajstić information content (AvgIpc) is 2.87. The molecule has 1 aromatic heterocycles. The molecule has 3 rings (SSSR count). The smallest absolute Gasteiger partial charge is 0.231 e. The lowest BCUT2D eigenvalue weighted by Gasteiger charge is -2.02. The van der Waals surface area contributed by atoms with Gasteiger partial charge in [0.25, 0.3) is 0 Å². The summed E-state index contributed by atoms with van der Waals surface area (Å²) in [6, 6.07) is 4.35. The number of fused-ring (bicyclic) bond motifs is 1. The predicted octanol–water partition coefficient (Wildman–Crippen LogP) is 1.79. The molecule has 82 valence electrons. The molecule has 0 atom stereocenters. The van der Waals surface area contributed by atoms with Crippen molar-refractivity contribution in [3.63, 3.8) is 0 Å². The van der Waals surface area contributed by atoms with Gasteiger partial charge in [-0.25, -0.2) is 4.39 Å². The molecule has 6 heteroatoms. The van der Waals surface area contributed by atoms with Crippen LogP contribution in [0.4, 0.5) is 10.2 Å². The van der Waals surface area contributed by atoms with Crippen LogP contribution in [-0.2, 0) is 0 Å². The first kappa shape index (κ1) is 9.02. The van der Waals surface area contributed by atoms with E-state index in [4.69, 9.17) is 19.7 Å². The van der Waals surface area contributed by atoms with Crippen molar-refractivity contribution in [1.82, 2.24) is 5.16 Å². The highest BCUT2D eigenvalue weighted by Crippen LogP contribution is 2.43. The molecule has 0 radical (unpaired) electrons. The molecule has 0 saturated heterocycles. The fourth-order valence-corrected chi connectivity index (χ4v) is 1.57. The topological polar surface area (TPSA) is 70.5 Å². The van der Waals surface area contributed by atoms with Crippen molar-refractivity contribution in [3.05, 3.63) is 24.0 Å². The third-order valence-electron chi connectivity index (χ3n) is 2.26. The fourth-order valence-electron chi connectivity index (χ4n) is 1.57. The Morgan fingerprint density at radius 3 is 2.81 bits per heavy atom. The molecule has 1 aromatic carbocycles. The van der Waals surface area contributed by atoms with Crippen molar-refractivity contribution in [2.45, 2.75) is 0 Å². The molecule has 0 fully saturated rings. The minimum Gasteiger partial charge on any atom is -0.453 e. The average molecular weight is 222 g/mol. The van der Waals surface area contributed by atoms with Gasteiger partial charge >= 0.3 is 0 Å². The zero-order valence-electron chi connectivity index (χ0n) is 8.07. The quantitative estimate of drug-likeness (QED) is 0.796. The van der Waals surface area contributed by atoms with Gasteiger partial charge in [-0.1, -0.05) is 5.16 Å². The number of anilines is 1. The van der Waals surface area contributed by atoms with Crippen LogP contribution >= 0.6 is 0 Å². The second-order valence-corrected chi connectivity index (χ2v) is 3.28. The second-order valence-electron chi connectivity index (χ2n) is 3.28. The molecule has 0 saturated carbocycles. The standard InChI is InChI=1S/C10H7FN2O3/c11-6-2-1-5(7-3-8(12)13-16-7)9-10(6)15-4-14-9/h1-3H,4H2,(H2,12,13).